The van der Waals surface area contributed by atoms with Gasteiger partial charge in [0, 0.05) is 33.9 Å². The molecule has 0 bridgehead atoms. The van der Waals surface area contributed by atoms with Crippen LogP contribution in [0.25, 0.3) is 0 Å². The zero-order valence-electron chi connectivity index (χ0n) is 17.5. The van der Waals surface area contributed by atoms with Gasteiger partial charge in [0.15, 0.2) is 5.96 Å². The molecule has 0 aliphatic rings. The zero-order valence-corrected chi connectivity index (χ0v) is 17.5. The number of aliphatic imine (C=N–C) groups is 1. The van der Waals surface area contributed by atoms with E-state index in [0.717, 1.165) is 26.0 Å². The molecule has 0 saturated carbocycles. The predicted octanol–water partition coefficient (Wildman–Crippen LogP) is 1.90. The summed E-state index contributed by atoms with van der Waals surface area (Å²) in [4.78, 5) is 16.1. The van der Waals surface area contributed by atoms with Gasteiger partial charge in [0.25, 0.3) is 0 Å². The summed E-state index contributed by atoms with van der Waals surface area (Å²) in [5.41, 5.74) is -0.992. The maximum Gasteiger partial charge on any atom is 0.408 e. The Labute approximate surface area is 158 Å². The second-order valence-electron chi connectivity index (χ2n) is 7.68. The lowest BCUT2D eigenvalue weighted by atomic mass is 10.1. The molecule has 0 saturated heterocycles. The highest BCUT2D eigenvalue weighted by Crippen LogP contribution is 2.09. The van der Waals surface area contributed by atoms with E-state index < -0.39 is 17.2 Å². The van der Waals surface area contributed by atoms with Crippen molar-refractivity contribution < 1.29 is 19.0 Å². The summed E-state index contributed by atoms with van der Waals surface area (Å²) in [7, 11) is 3.38. The Bertz CT molecular complexity index is 420. The molecule has 154 valence electrons. The van der Waals surface area contributed by atoms with Crippen LogP contribution in [-0.4, -0.2) is 70.3 Å². The summed E-state index contributed by atoms with van der Waals surface area (Å²) in [6.45, 7) is 12.7. The van der Waals surface area contributed by atoms with E-state index in [0.29, 0.717) is 25.7 Å². The number of nitrogens with one attached hydrogen (secondary N) is 3. The molecular formula is C18H38N4O4. The first-order valence-corrected chi connectivity index (χ1v) is 9.12. The molecule has 0 aliphatic heterocycles. The number of guanidine groups is 1. The molecule has 8 nitrogen and oxygen atoms in total. The van der Waals surface area contributed by atoms with E-state index in [1.165, 1.54) is 0 Å². The number of unbranched alkanes of at least 4 members (excludes halogenated alkanes) is 1. The Kier molecular flexibility index (Phi) is 12.0. The van der Waals surface area contributed by atoms with Crippen LogP contribution in [0.3, 0.4) is 0 Å². The van der Waals surface area contributed by atoms with E-state index >= 15 is 0 Å². The van der Waals surface area contributed by atoms with Crippen molar-refractivity contribution in [1.29, 1.82) is 0 Å². The third kappa shape index (κ3) is 14.8. The SMILES string of the molecule is CN=C(NCCCCOCCOC)NCC(C)(C)NC(=O)OC(C)(C)C. The number of carbonyl (C=O) groups is 1. The largest absolute Gasteiger partial charge is 0.444 e. The van der Waals surface area contributed by atoms with E-state index in [4.69, 9.17) is 14.2 Å². The van der Waals surface area contributed by atoms with Crippen molar-refractivity contribution in [3.63, 3.8) is 0 Å². The molecule has 3 N–H and O–H groups in total. The van der Waals surface area contributed by atoms with Gasteiger partial charge in [-0.1, -0.05) is 0 Å². The average Bonchev–Trinajstić information content (AvgIpc) is 2.50. The minimum absolute atomic E-state index is 0.430. The summed E-state index contributed by atoms with van der Waals surface area (Å²) in [5, 5.41) is 9.33. The fourth-order valence-corrected chi connectivity index (χ4v) is 1.93. The van der Waals surface area contributed by atoms with Gasteiger partial charge in [-0.05, 0) is 47.5 Å². The monoisotopic (exact) mass is 374 g/mol. The molecule has 0 rings (SSSR count). The van der Waals surface area contributed by atoms with Crippen molar-refractivity contribution in [3.05, 3.63) is 0 Å². The Morgan fingerprint density at radius 1 is 1.00 bits per heavy atom. The van der Waals surface area contributed by atoms with Gasteiger partial charge in [0.1, 0.15) is 5.60 Å². The van der Waals surface area contributed by atoms with Gasteiger partial charge in [-0.15, -0.1) is 0 Å². The van der Waals surface area contributed by atoms with Crippen LogP contribution in [0.5, 0.6) is 0 Å². The number of amides is 1. The minimum Gasteiger partial charge on any atom is -0.444 e. The quantitative estimate of drug-likeness (QED) is 0.291. The van der Waals surface area contributed by atoms with Crippen LogP contribution in [0.1, 0.15) is 47.5 Å². The van der Waals surface area contributed by atoms with Crippen LogP contribution in [-0.2, 0) is 14.2 Å². The highest BCUT2D eigenvalue weighted by molar-refractivity contribution is 5.79. The van der Waals surface area contributed by atoms with Crippen LogP contribution in [0.15, 0.2) is 4.99 Å². The van der Waals surface area contributed by atoms with E-state index in [1.807, 2.05) is 34.6 Å². The number of hydrogen-bond acceptors (Lipinski definition) is 5. The van der Waals surface area contributed by atoms with Crippen molar-refractivity contribution in [2.24, 2.45) is 4.99 Å². The number of carbonyl (C=O) groups excluding carboxylic acids is 1. The molecule has 0 aromatic rings. The number of hydrogen-bond donors (Lipinski definition) is 3. The maximum atomic E-state index is 11.9. The number of ether oxygens (including phenoxy) is 3. The van der Waals surface area contributed by atoms with Gasteiger partial charge in [-0.3, -0.25) is 4.99 Å². The molecule has 0 aromatic heterocycles. The Hall–Kier alpha value is -1.54. The van der Waals surface area contributed by atoms with Crippen LogP contribution >= 0.6 is 0 Å². The molecule has 1 amide bonds. The van der Waals surface area contributed by atoms with Crippen molar-refractivity contribution in [3.8, 4) is 0 Å². The fourth-order valence-electron chi connectivity index (χ4n) is 1.93. The van der Waals surface area contributed by atoms with Crippen molar-refractivity contribution >= 4 is 12.1 Å². The predicted molar refractivity (Wildman–Crippen MR) is 105 cm³/mol. The highest BCUT2D eigenvalue weighted by atomic mass is 16.6. The molecule has 0 fully saturated rings. The van der Waals surface area contributed by atoms with Crippen LogP contribution in [0, 0.1) is 0 Å². The van der Waals surface area contributed by atoms with Crippen molar-refractivity contribution in [2.45, 2.75) is 58.6 Å². The minimum atomic E-state index is -0.515. The van der Waals surface area contributed by atoms with E-state index in [2.05, 4.69) is 20.9 Å². The summed E-state index contributed by atoms with van der Waals surface area (Å²) >= 11 is 0. The van der Waals surface area contributed by atoms with E-state index in [-0.39, 0.29) is 0 Å². The van der Waals surface area contributed by atoms with Gasteiger partial charge in [0.05, 0.1) is 18.8 Å². The fraction of sp³-hybridized carbons (Fsp3) is 0.889. The third-order valence-corrected chi connectivity index (χ3v) is 3.20. The second kappa shape index (κ2) is 12.8. The molecule has 0 aliphatic carbocycles. The van der Waals surface area contributed by atoms with Gasteiger partial charge in [-0.25, -0.2) is 4.79 Å². The molecule has 8 heteroatoms. The third-order valence-electron chi connectivity index (χ3n) is 3.20. The first-order chi connectivity index (χ1) is 12.1. The lowest BCUT2D eigenvalue weighted by molar-refractivity contribution is 0.0474. The number of methoxy groups -OCH3 is 1. The van der Waals surface area contributed by atoms with Crippen molar-refractivity contribution in [1.82, 2.24) is 16.0 Å². The van der Waals surface area contributed by atoms with Crippen molar-refractivity contribution in [2.75, 3.05) is 47.1 Å². The lowest BCUT2D eigenvalue weighted by Gasteiger charge is -2.29. The topological polar surface area (TPSA) is 93.2 Å². The number of rotatable bonds is 11. The summed E-state index contributed by atoms with van der Waals surface area (Å²) < 4.78 is 15.6. The van der Waals surface area contributed by atoms with Gasteiger partial charge in [-0.2, -0.15) is 0 Å². The Morgan fingerprint density at radius 2 is 1.69 bits per heavy atom. The van der Waals surface area contributed by atoms with E-state index in [9.17, 15) is 4.79 Å². The number of nitrogens with zero attached hydrogens (tertiary/aromatic N) is 1. The Balaban J connectivity index is 4.00. The Morgan fingerprint density at radius 3 is 2.27 bits per heavy atom. The van der Waals surface area contributed by atoms with Crippen LogP contribution < -0.4 is 16.0 Å². The molecule has 0 heterocycles. The van der Waals surface area contributed by atoms with Gasteiger partial charge >= 0.3 is 6.09 Å². The maximum absolute atomic E-state index is 11.9. The molecule has 0 atom stereocenters. The van der Waals surface area contributed by atoms with Gasteiger partial charge < -0.3 is 30.2 Å². The molecule has 0 unspecified atom stereocenters. The first kappa shape index (κ1) is 24.5. The first-order valence-electron chi connectivity index (χ1n) is 9.12. The lowest BCUT2D eigenvalue weighted by Crippen LogP contribution is -2.54. The normalized spacial score (nSPS) is 12.7. The molecule has 0 radical (unpaired) electrons. The molecule has 0 spiro atoms. The highest BCUT2D eigenvalue weighted by Gasteiger charge is 2.24. The smallest absolute Gasteiger partial charge is 0.408 e. The van der Waals surface area contributed by atoms with E-state index in [1.54, 1.807) is 14.2 Å². The zero-order chi connectivity index (χ0) is 20.1. The second-order valence-corrected chi connectivity index (χ2v) is 7.68. The van der Waals surface area contributed by atoms with Gasteiger partial charge in [0.2, 0.25) is 0 Å². The number of alkyl carbamates (subject to hydrolysis) is 1. The summed E-state index contributed by atoms with van der Waals surface area (Å²) in [6, 6.07) is 0. The molecular weight excluding hydrogens is 336 g/mol. The molecule has 0 aromatic carbocycles. The summed E-state index contributed by atoms with van der Waals surface area (Å²) in [5.74, 6) is 0.698. The van der Waals surface area contributed by atoms with Crippen LogP contribution in [0.4, 0.5) is 4.79 Å². The standard InChI is InChI=1S/C18H38N4O4/c1-17(2,3)26-16(23)22-18(4,5)14-21-15(19-6)20-10-8-9-11-25-13-12-24-7/h8-14H2,1-7H3,(H,22,23)(H2,19,20,21). The average molecular weight is 375 g/mol. The molecule has 26 heavy (non-hydrogen) atoms. The summed E-state index contributed by atoms with van der Waals surface area (Å²) in [6.07, 6.45) is 1.52. The van der Waals surface area contributed by atoms with Crippen LogP contribution in [0.2, 0.25) is 0 Å².